The summed E-state index contributed by atoms with van der Waals surface area (Å²) in [5.41, 5.74) is 1.95. The summed E-state index contributed by atoms with van der Waals surface area (Å²) in [4.78, 5) is 22.9. The Hall–Kier alpha value is -3.08. The maximum absolute atomic E-state index is 12.4. The fourth-order valence-corrected chi connectivity index (χ4v) is 2.29. The number of para-hydroxylation sites is 1. The van der Waals surface area contributed by atoms with Crippen LogP contribution >= 0.6 is 0 Å². The van der Waals surface area contributed by atoms with Gasteiger partial charge in [-0.1, -0.05) is 24.3 Å². The van der Waals surface area contributed by atoms with Crippen molar-refractivity contribution in [3.05, 3.63) is 65.2 Å². The number of carbonyl (C=O) groups is 2. The van der Waals surface area contributed by atoms with E-state index in [0.717, 1.165) is 5.56 Å². The first-order valence-corrected chi connectivity index (χ1v) is 7.05. The lowest BCUT2D eigenvalue weighted by atomic mass is 9.98. The molecule has 23 heavy (non-hydrogen) atoms. The highest BCUT2D eigenvalue weighted by Gasteiger charge is 2.22. The molecule has 0 saturated carbocycles. The summed E-state index contributed by atoms with van der Waals surface area (Å²) in [6, 6.07) is 14.0. The number of aliphatic carboxylic acids is 1. The van der Waals surface area contributed by atoms with E-state index in [1.165, 1.54) is 0 Å². The van der Waals surface area contributed by atoms with Gasteiger partial charge in [-0.2, -0.15) is 0 Å². The van der Waals surface area contributed by atoms with Crippen LogP contribution in [-0.2, 0) is 4.79 Å². The van der Waals surface area contributed by atoms with Crippen LogP contribution in [0.15, 0.2) is 54.1 Å². The second kappa shape index (κ2) is 6.36. The van der Waals surface area contributed by atoms with Crippen LogP contribution in [0.5, 0.6) is 11.5 Å². The maximum Gasteiger partial charge on any atom is 0.341 e. The second-order valence-corrected chi connectivity index (χ2v) is 5.03. The van der Waals surface area contributed by atoms with E-state index in [1.807, 2.05) is 6.07 Å². The van der Waals surface area contributed by atoms with Crippen LogP contribution < -0.4 is 9.47 Å². The summed E-state index contributed by atoms with van der Waals surface area (Å²) < 4.78 is 10.7. The minimum absolute atomic E-state index is 0.0435. The molecule has 2 aromatic rings. The first-order valence-electron chi connectivity index (χ1n) is 7.05. The van der Waals surface area contributed by atoms with Gasteiger partial charge in [-0.15, -0.1) is 0 Å². The normalized spacial score (nSPS) is 15.0. The van der Waals surface area contributed by atoms with E-state index in [-0.39, 0.29) is 19.0 Å². The molecule has 1 aliphatic rings. The van der Waals surface area contributed by atoms with E-state index >= 15 is 0 Å². The van der Waals surface area contributed by atoms with Crippen LogP contribution in [0.1, 0.15) is 15.9 Å². The number of rotatable bonds is 4. The van der Waals surface area contributed by atoms with E-state index in [4.69, 9.17) is 14.6 Å². The number of benzene rings is 2. The fraction of sp³-hybridized carbons (Fsp3) is 0.111. The zero-order valence-corrected chi connectivity index (χ0v) is 12.2. The van der Waals surface area contributed by atoms with E-state index in [9.17, 15) is 9.59 Å². The number of fused-ring (bicyclic) bond motifs is 1. The highest BCUT2D eigenvalue weighted by atomic mass is 16.5. The predicted molar refractivity (Wildman–Crippen MR) is 83.8 cm³/mol. The SMILES string of the molecule is O=C(O)COc1ccc(C=C2COc3ccccc3C2=O)cc1. The maximum atomic E-state index is 12.4. The minimum Gasteiger partial charge on any atom is -0.488 e. The van der Waals surface area contributed by atoms with Crippen LogP contribution in [0.25, 0.3) is 6.08 Å². The standard InChI is InChI=1S/C18H14O5/c19-17(20)11-22-14-7-5-12(6-8-14)9-13-10-23-16-4-2-1-3-15(16)18(13)21/h1-9H,10-11H2,(H,19,20). The molecule has 0 atom stereocenters. The number of hydrogen-bond acceptors (Lipinski definition) is 4. The highest BCUT2D eigenvalue weighted by Crippen LogP contribution is 2.27. The van der Waals surface area contributed by atoms with Gasteiger partial charge in [0.05, 0.1) is 5.56 Å². The van der Waals surface area contributed by atoms with E-state index in [1.54, 1.807) is 48.5 Å². The Bertz CT molecular complexity index is 774. The summed E-state index contributed by atoms with van der Waals surface area (Å²) >= 11 is 0. The first kappa shape index (κ1) is 14.8. The van der Waals surface area contributed by atoms with Gasteiger partial charge < -0.3 is 14.6 Å². The molecule has 1 N–H and O–H groups in total. The van der Waals surface area contributed by atoms with Gasteiger partial charge in [0.1, 0.15) is 18.1 Å². The largest absolute Gasteiger partial charge is 0.488 e. The van der Waals surface area contributed by atoms with E-state index in [2.05, 4.69) is 0 Å². The summed E-state index contributed by atoms with van der Waals surface area (Å²) in [6.45, 7) is -0.156. The van der Waals surface area contributed by atoms with Crippen LogP contribution in [0.2, 0.25) is 0 Å². The van der Waals surface area contributed by atoms with E-state index < -0.39 is 5.97 Å². The molecule has 5 nitrogen and oxygen atoms in total. The number of ether oxygens (including phenoxy) is 2. The molecule has 0 unspecified atom stereocenters. The number of carboxylic acid groups (broad SMARTS) is 1. The lowest BCUT2D eigenvalue weighted by molar-refractivity contribution is -0.139. The molecular weight excluding hydrogens is 296 g/mol. The highest BCUT2D eigenvalue weighted by molar-refractivity contribution is 6.14. The Labute approximate surface area is 132 Å². The van der Waals surface area contributed by atoms with Gasteiger partial charge in [0, 0.05) is 5.57 Å². The van der Waals surface area contributed by atoms with Gasteiger partial charge >= 0.3 is 5.97 Å². The molecule has 2 aromatic carbocycles. The number of carbonyl (C=O) groups excluding carboxylic acids is 1. The van der Waals surface area contributed by atoms with Crippen LogP contribution in [0.3, 0.4) is 0 Å². The van der Waals surface area contributed by atoms with Gasteiger partial charge in [0.15, 0.2) is 12.4 Å². The Balaban J connectivity index is 1.77. The minimum atomic E-state index is -1.03. The van der Waals surface area contributed by atoms with Crippen molar-refractivity contribution in [2.24, 2.45) is 0 Å². The molecule has 0 aliphatic carbocycles. The van der Waals surface area contributed by atoms with Crippen molar-refractivity contribution in [2.75, 3.05) is 13.2 Å². The zero-order valence-electron chi connectivity index (χ0n) is 12.2. The summed E-state index contributed by atoms with van der Waals surface area (Å²) in [5.74, 6) is -0.00366. The summed E-state index contributed by atoms with van der Waals surface area (Å²) in [6.07, 6.45) is 1.76. The average Bonchev–Trinajstić information content (AvgIpc) is 2.57. The second-order valence-electron chi connectivity index (χ2n) is 5.03. The summed E-state index contributed by atoms with van der Waals surface area (Å²) in [5, 5.41) is 8.57. The zero-order chi connectivity index (χ0) is 16.2. The average molecular weight is 310 g/mol. The third-order valence-electron chi connectivity index (χ3n) is 3.39. The first-order chi connectivity index (χ1) is 11.1. The molecule has 5 heteroatoms. The van der Waals surface area contributed by atoms with Crippen molar-refractivity contribution in [3.63, 3.8) is 0 Å². The molecule has 0 radical (unpaired) electrons. The van der Waals surface area contributed by atoms with Crippen molar-refractivity contribution in [3.8, 4) is 11.5 Å². The Morgan fingerprint density at radius 3 is 2.65 bits per heavy atom. The number of Topliss-reactive ketones (excluding diaryl/α,β-unsaturated/α-hetero) is 1. The lowest BCUT2D eigenvalue weighted by Crippen LogP contribution is -2.18. The monoisotopic (exact) mass is 310 g/mol. The smallest absolute Gasteiger partial charge is 0.341 e. The van der Waals surface area contributed by atoms with Gasteiger partial charge in [0.25, 0.3) is 0 Å². The molecule has 0 saturated heterocycles. The molecule has 116 valence electrons. The molecule has 0 fully saturated rings. The predicted octanol–water partition coefficient (Wildman–Crippen LogP) is 2.81. The van der Waals surface area contributed by atoms with Crippen molar-refractivity contribution in [1.29, 1.82) is 0 Å². The fourth-order valence-electron chi connectivity index (χ4n) is 2.29. The number of hydrogen-bond donors (Lipinski definition) is 1. The van der Waals surface area contributed by atoms with Gasteiger partial charge in [0.2, 0.25) is 0 Å². The molecule has 0 amide bonds. The molecule has 0 aromatic heterocycles. The number of carboxylic acids is 1. The topological polar surface area (TPSA) is 72.8 Å². The molecule has 0 bridgehead atoms. The third kappa shape index (κ3) is 3.40. The quantitative estimate of drug-likeness (QED) is 0.879. The van der Waals surface area contributed by atoms with Crippen LogP contribution in [0.4, 0.5) is 0 Å². The molecular formula is C18H14O5. The third-order valence-corrected chi connectivity index (χ3v) is 3.39. The van der Waals surface area contributed by atoms with Gasteiger partial charge in [-0.25, -0.2) is 4.79 Å². The van der Waals surface area contributed by atoms with E-state index in [0.29, 0.717) is 22.6 Å². The van der Waals surface area contributed by atoms with Crippen molar-refractivity contribution in [1.82, 2.24) is 0 Å². The molecule has 0 spiro atoms. The molecule has 3 rings (SSSR count). The Morgan fingerprint density at radius 1 is 1.17 bits per heavy atom. The van der Waals surface area contributed by atoms with Crippen molar-refractivity contribution >= 4 is 17.8 Å². The number of ketones is 1. The van der Waals surface area contributed by atoms with Crippen LogP contribution in [0, 0.1) is 0 Å². The van der Waals surface area contributed by atoms with Gasteiger partial charge in [-0.3, -0.25) is 4.79 Å². The van der Waals surface area contributed by atoms with Crippen molar-refractivity contribution in [2.45, 2.75) is 0 Å². The Kier molecular flexibility index (Phi) is 4.10. The Morgan fingerprint density at radius 2 is 1.91 bits per heavy atom. The lowest BCUT2D eigenvalue weighted by Gasteiger charge is -2.18. The van der Waals surface area contributed by atoms with Gasteiger partial charge in [-0.05, 0) is 35.9 Å². The van der Waals surface area contributed by atoms with Crippen molar-refractivity contribution < 1.29 is 24.2 Å². The molecule has 1 heterocycles. The molecule has 1 aliphatic heterocycles. The van der Waals surface area contributed by atoms with Crippen LogP contribution in [-0.4, -0.2) is 30.1 Å². The summed E-state index contributed by atoms with van der Waals surface area (Å²) in [7, 11) is 0.